The van der Waals surface area contributed by atoms with Crippen molar-refractivity contribution in [2.24, 2.45) is 5.92 Å². The summed E-state index contributed by atoms with van der Waals surface area (Å²) in [5.41, 5.74) is 3.81. The fraction of sp³-hybridized carbons (Fsp3) is 0.370. The van der Waals surface area contributed by atoms with Crippen molar-refractivity contribution in [1.82, 2.24) is 14.9 Å². The molecule has 1 fully saturated rings. The minimum Gasteiger partial charge on any atom is -0.473 e. The molecule has 0 aliphatic carbocycles. The molecule has 2 N–H and O–H groups in total. The third kappa shape index (κ3) is 5.64. The van der Waals surface area contributed by atoms with Crippen molar-refractivity contribution in [2.45, 2.75) is 31.3 Å². The lowest BCUT2D eigenvalue weighted by atomic mass is 9.94. The number of likely N-dealkylation sites (tertiary alicyclic amines) is 1. The molecule has 5 rings (SSSR count). The predicted molar refractivity (Wildman–Crippen MR) is 144 cm³/mol. The molecule has 0 saturated carbocycles. The summed E-state index contributed by atoms with van der Waals surface area (Å²) in [4.78, 5) is 24.4. The van der Waals surface area contributed by atoms with Crippen LogP contribution in [0.15, 0.2) is 53.4 Å². The summed E-state index contributed by atoms with van der Waals surface area (Å²) in [6.07, 6.45) is 0.134. The molecule has 1 saturated heterocycles. The summed E-state index contributed by atoms with van der Waals surface area (Å²) in [5.74, 6) is -0.416. The van der Waals surface area contributed by atoms with Crippen molar-refractivity contribution in [3.8, 4) is 17.1 Å². The van der Waals surface area contributed by atoms with Crippen LogP contribution in [0.4, 0.5) is 11.6 Å². The van der Waals surface area contributed by atoms with E-state index in [9.17, 15) is 13.2 Å². The second-order valence-electron chi connectivity index (χ2n) is 9.73. The fourth-order valence-corrected chi connectivity index (χ4v) is 6.02. The van der Waals surface area contributed by atoms with Gasteiger partial charge in [0.15, 0.2) is 0 Å². The van der Waals surface area contributed by atoms with Crippen LogP contribution in [0, 0.1) is 19.8 Å². The fourth-order valence-electron chi connectivity index (χ4n) is 5.03. The molecule has 1 aromatic heterocycles. The van der Waals surface area contributed by atoms with Gasteiger partial charge in [-0.05, 0) is 49.6 Å². The molecule has 1 amide bonds. The Bertz CT molecular complexity index is 1440. The molecule has 2 aliphatic heterocycles. The van der Waals surface area contributed by atoms with Gasteiger partial charge in [0.1, 0.15) is 6.10 Å². The average molecular weight is 538 g/mol. The summed E-state index contributed by atoms with van der Waals surface area (Å²) in [5, 5.41) is 2.88. The van der Waals surface area contributed by atoms with Crippen LogP contribution in [0.5, 0.6) is 5.88 Å². The number of nitrogens with zero attached hydrogens (tertiary/aromatic N) is 3. The Morgan fingerprint density at radius 2 is 1.84 bits per heavy atom. The quantitative estimate of drug-likeness (QED) is 0.520. The number of aromatic nitrogens is 2. The second kappa shape index (κ2) is 10.7. The zero-order valence-corrected chi connectivity index (χ0v) is 22.4. The van der Waals surface area contributed by atoms with Crippen LogP contribution in [0.25, 0.3) is 11.3 Å². The number of carbonyl (C=O) groups is 1. The van der Waals surface area contributed by atoms with Gasteiger partial charge in [-0.3, -0.25) is 9.69 Å². The summed E-state index contributed by atoms with van der Waals surface area (Å²) in [7, 11) is -2.40. The lowest BCUT2D eigenvalue weighted by molar-refractivity contribution is -0.123. The number of sulfonamides is 1. The van der Waals surface area contributed by atoms with Crippen LogP contribution in [-0.4, -0.2) is 68.6 Å². The van der Waals surface area contributed by atoms with Crippen molar-refractivity contribution < 1.29 is 22.7 Å². The van der Waals surface area contributed by atoms with Gasteiger partial charge >= 0.3 is 0 Å². The average Bonchev–Trinajstić information content (AvgIpc) is 2.86. The standard InChI is InChI=1S/C27H31N5O5S/c1-17-6-4-7-18(2)25(17)23-14-24-30-27(29-23)31-38(34,35)22-9-5-8-20(13-22)28-26(33)19-12-21(37-24)16-32(15-19)10-11-36-3/h4-9,13-14,19,21H,10-12,15-16H2,1-3H3,(H,28,33)(H,29,30,31)/t19-,21+/m1/s1. The number of aryl methyl sites for hydroxylation is 2. The van der Waals surface area contributed by atoms with Gasteiger partial charge in [0.05, 0.1) is 23.1 Å². The maximum atomic E-state index is 13.3. The molecule has 3 aromatic rings. The Kier molecular flexibility index (Phi) is 7.33. The van der Waals surface area contributed by atoms with E-state index in [1.165, 1.54) is 12.1 Å². The first-order valence-corrected chi connectivity index (χ1v) is 14.0. The van der Waals surface area contributed by atoms with Gasteiger partial charge in [-0.2, -0.15) is 4.98 Å². The van der Waals surface area contributed by atoms with Crippen LogP contribution in [0.1, 0.15) is 17.5 Å². The first-order valence-electron chi connectivity index (χ1n) is 12.5. The Morgan fingerprint density at radius 3 is 2.61 bits per heavy atom. The lowest BCUT2D eigenvalue weighted by Gasteiger charge is -2.36. The highest BCUT2D eigenvalue weighted by molar-refractivity contribution is 7.92. The van der Waals surface area contributed by atoms with Gasteiger partial charge in [0.2, 0.25) is 17.7 Å². The number of hydrogen-bond acceptors (Lipinski definition) is 8. The number of carbonyl (C=O) groups excluding carboxylic acids is 1. The largest absolute Gasteiger partial charge is 0.473 e. The molecule has 2 aromatic carbocycles. The van der Waals surface area contributed by atoms with E-state index >= 15 is 0 Å². The summed E-state index contributed by atoms with van der Waals surface area (Å²) >= 11 is 0. The maximum Gasteiger partial charge on any atom is 0.264 e. The highest BCUT2D eigenvalue weighted by Gasteiger charge is 2.34. The van der Waals surface area contributed by atoms with E-state index < -0.39 is 10.0 Å². The van der Waals surface area contributed by atoms with Gasteiger partial charge in [0.25, 0.3) is 10.0 Å². The van der Waals surface area contributed by atoms with Crippen molar-refractivity contribution in [3.63, 3.8) is 0 Å². The van der Waals surface area contributed by atoms with Gasteiger partial charge in [-0.15, -0.1) is 0 Å². The smallest absolute Gasteiger partial charge is 0.264 e. The minimum atomic E-state index is -4.05. The summed E-state index contributed by atoms with van der Waals surface area (Å²) in [6, 6.07) is 13.8. The van der Waals surface area contributed by atoms with Gasteiger partial charge in [0, 0.05) is 44.1 Å². The highest BCUT2D eigenvalue weighted by Crippen LogP contribution is 2.31. The molecule has 2 aliphatic rings. The number of piperidine rings is 1. The van der Waals surface area contributed by atoms with E-state index in [1.807, 2.05) is 32.0 Å². The molecule has 11 heteroatoms. The van der Waals surface area contributed by atoms with Gasteiger partial charge in [-0.25, -0.2) is 18.1 Å². The molecule has 6 bridgehead atoms. The number of amides is 1. The van der Waals surface area contributed by atoms with Crippen molar-refractivity contribution >= 4 is 27.6 Å². The molecule has 38 heavy (non-hydrogen) atoms. The number of ether oxygens (including phenoxy) is 2. The van der Waals surface area contributed by atoms with E-state index in [1.54, 1.807) is 25.3 Å². The normalized spacial score (nSPS) is 21.0. The van der Waals surface area contributed by atoms with Crippen LogP contribution in [0.2, 0.25) is 0 Å². The number of nitrogens with one attached hydrogen (secondary N) is 2. The molecule has 2 atom stereocenters. The Morgan fingerprint density at radius 1 is 1.08 bits per heavy atom. The third-order valence-corrected chi connectivity index (χ3v) is 8.16. The van der Waals surface area contributed by atoms with E-state index in [0.717, 1.165) is 16.7 Å². The number of hydrogen-bond donors (Lipinski definition) is 2. The topological polar surface area (TPSA) is 123 Å². The van der Waals surface area contributed by atoms with Crippen LogP contribution in [-0.2, 0) is 19.6 Å². The molecule has 10 nitrogen and oxygen atoms in total. The maximum absolute atomic E-state index is 13.3. The third-order valence-electron chi connectivity index (χ3n) is 6.84. The SMILES string of the molecule is COCCN1C[C@@H]2C[C@H](C1)C(=O)Nc1cccc(c1)S(=O)(=O)Nc1nc(cc(-c3c(C)cccc3C)n1)O2. The van der Waals surface area contributed by atoms with Crippen molar-refractivity contribution in [1.29, 1.82) is 0 Å². The molecule has 3 heterocycles. The van der Waals surface area contributed by atoms with Crippen LogP contribution < -0.4 is 14.8 Å². The van der Waals surface area contributed by atoms with E-state index in [-0.39, 0.29) is 34.7 Å². The first-order chi connectivity index (χ1) is 18.2. The molecule has 0 unspecified atom stereocenters. The molecular formula is C27H31N5O5S. The van der Waals surface area contributed by atoms with Gasteiger partial charge < -0.3 is 14.8 Å². The molecule has 0 radical (unpaired) electrons. The first kappa shape index (κ1) is 26.1. The van der Waals surface area contributed by atoms with E-state index in [4.69, 9.17) is 9.47 Å². The number of fused-ring (bicyclic) bond motifs is 6. The Balaban J connectivity index is 1.62. The highest BCUT2D eigenvalue weighted by atomic mass is 32.2. The van der Waals surface area contributed by atoms with Crippen molar-refractivity contribution in [3.05, 3.63) is 59.7 Å². The minimum absolute atomic E-state index is 0.0147. The Hall–Kier alpha value is -3.54. The van der Waals surface area contributed by atoms with E-state index in [2.05, 4.69) is 24.9 Å². The number of anilines is 2. The Labute approximate surface area is 222 Å². The lowest BCUT2D eigenvalue weighted by Crippen LogP contribution is -2.49. The van der Waals surface area contributed by atoms with Crippen molar-refractivity contribution in [2.75, 3.05) is 43.4 Å². The van der Waals surface area contributed by atoms with E-state index in [0.29, 0.717) is 44.0 Å². The zero-order valence-electron chi connectivity index (χ0n) is 21.6. The molecular weight excluding hydrogens is 506 g/mol. The second-order valence-corrected chi connectivity index (χ2v) is 11.4. The number of rotatable bonds is 4. The number of benzene rings is 2. The summed E-state index contributed by atoms with van der Waals surface area (Å²) < 4.78 is 40.7. The number of methoxy groups -OCH3 is 1. The predicted octanol–water partition coefficient (Wildman–Crippen LogP) is 3.23. The van der Waals surface area contributed by atoms with Crippen LogP contribution in [0.3, 0.4) is 0 Å². The van der Waals surface area contributed by atoms with Gasteiger partial charge in [-0.1, -0.05) is 24.3 Å². The molecule has 200 valence electrons. The molecule has 0 spiro atoms. The monoisotopic (exact) mass is 537 g/mol. The summed E-state index contributed by atoms with van der Waals surface area (Å²) in [6.45, 7) is 6.25. The van der Waals surface area contributed by atoms with Crippen LogP contribution >= 0.6 is 0 Å². The zero-order chi connectivity index (χ0) is 26.9.